The Labute approximate surface area is 128 Å². The molecule has 0 spiro atoms. The van der Waals surface area contributed by atoms with E-state index >= 15 is 0 Å². The lowest BCUT2D eigenvalue weighted by Gasteiger charge is -2.45. The van der Waals surface area contributed by atoms with Gasteiger partial charge in [0.25, 0.3) is 0 Å². The fraction of sp³-hybridized carbons (Fsp3) is 0.938. The summed E-state index contributed by atoms with van der Waals surface area (Å²) < 4.78 is 11.3. The monoisotopic (exact) mass is 298 g/mol. The number of nitrogens with zero attached hydrogens (tertiary/aromatic N) is 2. The van der Waals surface area contributed by atoms with E-state index in [-0.39, 0.29) is 11.7 Å². The zero-order valence-electron chi connectivity index (χ0n) is 14.1. The Morgan fingerprint density at radius 3 is 2.62 bits per heavy atom. The summed E-state index contributed by atoms with van der Waals surface area (Å²) in [6, 6.07) is 0.425. The van der Waals surface area contributed by atoms with Gasteiger partial charge in [-0.15, -0.1) is 0 Å². The van der Waals surface area contributed by atoms with Gasteiger partial charge in [-0.2, -0.15) is 0 Å². The van der Waals surface area contributed by atoms with Crippen molar-refractivity contribution in [1.29, 1.82) is 0 Å². The van der Waals surface area contributed by atoms with Crippen molar-refractivity contribution in [2.24, 2.45) is 0 Å². The molecule has 2 heterocycles. The number of piperidine rings is 1. The van der Waals surface area contributed by atoms with Crippen molar-refractivity contribution in [3.05, 3.63) is 0 Å². The van der Waals surface area contributed by atoms with Crippen molar-refractivity contribution < 1.29 is 14.3 Å². The minimum atomic E-state index is -0.426. The van der Waals surface area contributed by atoms with Gasteiger partial charge in [0.15, 0.2) is 0 Å². The van der Waals surface area contributed by atoms with Crippen LogP contribution in [0.5, 0.6) is 0 Å². The molecule has 2 fully saturated rings. The van der Waals surface area contributed by atoms with Crippen LogP contribution in [0.4, 0.5) is 4.79 Å². The van der Waals surface area contributed by atoms with Gasteiger partial charge in [-0.25, -0.2) is 4.79 Å². The molecule has 0 N–H and O–H groups in total. The summed E-state index contributed by atoms with van der Waals surface area (Å²) >= 11 is 0. The number of likely N-dealkylation sites (tertiary alicyclic amines) is 1. The number of amides is 1. The number of ether oxygens (including phenoxy) is 2. The predicted molar refractivity (Wildman–Crippen MR) is 82.4 cm³/mol. The van der Waals surface area contributed by atoms with E-state index in [1.54, 1.807) is 0 Å². The van der Waals surface area contributed by atoms with Gasteiger partial charge in [-0.05, 0) is 47.5 Å². The Balaban J connectivity index is 1.93. The molecule has 1 atom stereocenters. The smallest absolute Gasteiger partial charge is 0.410 e. The van der Waals surface area contributed by atoms with Gasteiger partial charge in [0, 0.05) is 32.2 Å². The van der Waals surface area contributed by atoms with Gasteiger partial charge in [-0.3, -0.25) is 4.90 Å². The lowest BCUT2D eigenvalue weighted by Crippen LogP contribution is -2.57. The second-order valence-electron chi connectivity index (χ2n) is 7.80. The standard InChI is InChI=1S/C16H30N2O3/c1-15(2,3)21-14(19)17-8-6-7-13(11-17)18-9-10-20-16(4,5)12-18/h13H,6-12H2,1-5H3. The first kappa shape index (κ1) is 16.6. The minimum absolute atomic E-state index is 0.0908. The molecule has 0 aromatic rings. The van der Waals surface area contributed by atoms with Gasteiger partial charge in [0.2, 0.25) is 0 Å². The molecule has 0 saturated carbocycles. The normalized spacial score (nSPS) is 27.5. The highest BCUT2D eigenvalue weighted by atomic mass is 16.6. The fourth-order valence-corrected chi connectivity index (χ4v) is 3.11. The van der Waals surface area contributed by atoms with E-state index in [1.165, 1.54) is 0 Å². The Morgan fingerprint density at radius 1 is 1.29 bits per heavy atom. The molecule has 21 heavy (non-hydrogen) atoms. The summed E-state index contributed by atoms with van der Waals surface area (Å²) in [4.78, 5) is 16.6. The molecule has 2 rings (SSSR count). The third-order valence-electron chi connectivity index (χ3n) is 4.02. The van der Waals surface area contributed by atoms with Crippen molar-refractivity contribution >= 4 is 6.09 Å². The highest BCUT2D eigenvalue weighted by Crippen LogP contribution is 2.24. The van der Waals surface area contributed by atoms with E-state index in [2.05, 4.69) is 18.7 Å². The molecule has 0 radical (unpaired) electrons. The molecule has 5 heteroatoms. The molecule has 0 bridgehead atoms. The second kappa shape index (κ2) is 6.13. The van der Waals surface area contributed by atoms with E-state index in [4.69, 9.17) is 9.47 Å². The lowest BCUT2D eigenvalue weighted by atomic mass is 10.00. The van der Waals surface area contributed by atoms with Gasteiger partial charge in [0.05, 0.1) is 12.2 Å². The molecule has 5 nitrogen and oxygen atoms in total. The van der Waals surface area contributed by atoms with Crippen molar-refractivity contribution in [1.82, 2.24) is 9.80 Å². The Bertz CT molecular complexity index is 376. The summed E-state index contributed by atoms with van der Waals surface area (Å²) in [5.74, 6) is 0. The fourth-order valence-electron chi connectivity index (χ4n) is 3.11. The van der Waals surface area contributed by atoms with E-state index in [1.807, 2.05) is 25.7 Å². The number of hydrogen-bond donors (Lipinski definition) is 0. The maximum absolute atomic E-state index is 12.2. The molecule has 1 amide bonds. The van der Waals surface area contributed by atoms with E-state index in [9.17, 15) is 4.79 Å². The number of hydrogen-bond acceptors (Lipinski definition) is 4. The van der Waals surface area contributed by atoms with Crippen LogP contribution in [0, 0.1) is 0 Å². The van der Waals surface area contributed by atoms with Crippen LogP contribution in [0.15, 0.2) is 0 Å². The summed E-state index contributed by atoms with van der Waals surface area (Å²) in [5.41, 5.74) is -0.516. The van der Waals surface area contributed by atoms with Crippen LogP contribution in [-0.4, -0.2) is 65.9 Å². The maximum atomic E-state index is 12.2. The second-order valence-corrected chi connectivity index (χ2v) is 7.80. The van der Waals surface area contributed by atoms with Gasteiger partial charge >= 0.3 is 6.09 Å². The van der Waals surface area contributed by atoms with Crippen molar-refractivity contribution in [3.8, 4) is 0 Å². The Hall–Kier alpha value is -0.810. The van der Waals surface area contributed by atoms with Gasteiger partial charge in [-0.1, -0.05) is 0 Å². The highest BCUT2D eigenvalue weighted by molar-refractivity contribution is 5.68. The molecule has 0 aromatic heterocycles. The Kier molecular flexibility index (Phi) is 4.83. The molecule has 2 saturated heterocycles. The van der Waals surface area contributed by atoms with Crippen LogP contribution in [0.3, 0.4) is 0 Å². The number of carbonyl (C=O) groups excluding carboxylic acids is 1. The first-order valence-electron chi connectivity index (χ1n) is 8.02. The van der Waals surface area contributed by atoms with Crippen molar-refractivity contribution in [2.45, 2.75) is 64.7 Å². The van der Waals surface area contributed by atoms with Gasteiger partial charge < -0.3 is 14.4 Å². The number of carbonyl (C=O) groups is 1. The van der Waals surface area contributed by atoms with Crippen molar-refractivity contribution in [2.75, 3.05) is 32.8 Å². The first-order chi connectivity index (χ1) is 9.66. The number of morpholine rings is 1. The average molecular weight is 298 g/mol. The Morgan fingerprint density at radius 2 is 2.00 bits per heavy atom. The molecule has 0 aromatic carbocycles. The van der Waals surface area contributed by atoms with Crippen molar-refractivity contribution in [3.63, 3.8) is 0 Å². The largest absolute Gasteiger partial charge is 0.444 e. The number of rotatable bonds is 1. The average Bonchev–Trinajstić information content (AvgIpc) is 2.36. The van der Waals surface area contributed by atoms with Crippen LogP contribution in [-0.2, 0) is 9.47 Å². The van der Waals surface area contributed by atoms with Crippen LogP contribution in [0.2, 0.25) is 0 Å². The molecule has 2 aliphatic heterocycles. The molecule has 122 valence electrons. The molecule has 1 unspecified atom stereocenters. The highest BCUT2D eigenvalue weighted by Gasteiger charge is 2.35. The lowest BCUT2D eigenvalue weighted by molar-refractivity contribution is -0.103. The van der Waals surface area contributed by atoms with Crippen LogP contribution >= 0.6 is 0 Å². The minimum Gasteiger partial charge on any atom is -0.444 e. The zero-order valence-corrected chi connectivity index (χ0v) is 14.1. The van der Waals surface area contributed by atoms with E-state index in [0.29, 0.717) is 6.04 Å². The molecular formula is C16H30N2O3. The maximum Gasteiger partial charge on any atom is 0.410 e. The summed E-state index contributed by atoms with van der Waals surface area (Å²) in [7, 11) is 0. The summed E-state index contributed by atoms with van der Waals surface area (Å²) in [6.45, 7) is 14.2. The molecule has 2 aliphatic rings. The first-order valence-corrected chi connectivity index (χ1v) is 8.02. The topological polar surface area (TPSA) is 42.0 Å². The quantitative estimate of drug-likeness (QED) is 0.746. The SMILES string of the molecule is CC(C)(C)OC(=O)N1CCCC(N2CCOC(C)(C)C2)C1. The predicted octanol–water partition coefficient (Wildman–Crippen LogP) is 2.50. The van der Waals surface area contributed by atoms with Crippen LogP contribution in [0.1, 0.15) is 47.5 Å². The van der Waals surface area contributed by atoms with Crippen LogP contribution < -0.4 is 0 Å². The zero-order chi connectivity index (χ0) is 15.7. The summed E-state index contributed by atoms with van der Waals surface area (Å²) in [5, 5.41) is 0. The third kappa shape index (κ3) is 4.85. The van der Waals surface area contributed by atoms with E-state index in [0.717, 1.165) is 45.6 Å². The van der Waals surface area contributed by atoms with E-state index < -0.39 is 5.60 Å². The van der Waals surface area contributed by atoms with Gasteiger partial charge in [0.1, 0.15) is 5.60 Å². The van der Waals surface area contributed by atoms with Crippen LogP contribution in [0.25, 0.3) is 0 Å². The summed E-state index contributed by atoms with van der Waals surface area (Å²) in [6.07, 6.45) is 2.01. The third-order valence-corrected chi connectivity index (χ3v) is 4.02. The molecule has 0 aliphatic carbocycles. The molecular weight excluding hydrogens is 268 g/mol.